The molecular formula is C17H17NO. The number of nitrogens with one attached hydrogen (secondary N) is 1. The highest BCUT2D eigenvalue weighted by Gasteiger charge is 2.42. The summed E-state index contributed by atoms with van der Waals surface area (Å²) in [6.07, 6.45) is 2.29. The standard InChI is InChI=1S/C17H17NO/c1-3-7-15-13(5-1)17(9-11-18-12-10-17)14-6-2-4-8-16(14)19-15/h1-8,18H,9-12H2. The maximum Gasteiger partial charge on any atom is 0.131 e. The number of hydrogen-bond donors (Lipinski definition) is 1. The number of hydrogen-bond acceptors (Lipinski definition) is 2. The molecule has 2 aliphatic heterocycles. The summed E-state index contributed by atoms with van der Waals surface area (Å²) >= 11 is 0. The third-order valence-electron chi connectivity index (χ3n) is 4.48. The minimum absolute atomic E-state index is 0.136. The van der Waals surface area contributed by atoms with E-state index in [2.05, 4.69) is 53.8 Å². The molecule has 0 saturated carbocycles. The Kier molecular flexibility index (Phi) is 2.39. The van der Waals surface area contributed by atoms with E-state index >= 15 is 0 Å². The first-order chi connectivity index (χ1) is 9.40. The van der Waals surface area contributed by atoms with Gasteiger partial charge in [-0.15, -0.1) is 0 Å². The van der Waals surface area contributed by atoms with Crippen molar-refractivity contribution in [3.63, 3.8) is 0 Å². The minimum atomic E-state index is 0.136. The highest BCUT2D eigenvalue weighted by molar-refractivity contribution is 5.57. The predicted octanol–water partition coefficient (Wildman–Crippen LogP) is 3.46. The van der Waals surface area contributed by atoms with Crippen LogP contribution in [-0.4, -0.2) is 13.1 Å². The molecule has 1 saturated heterocycles. The molecule has 2 heteroatoms. The van der Waals surface area contributed by atoms with E-state index in [9.17, 15) is 0 Å². The quantitative estimate of drug-likeness (QED) is 0.774. The summed E-state index contributed by atoms with van der Waals surface area (Å²) in [7, 11) is 0. The maximum absolute atomic E-state index is 6.08. The lowest BCUT2D eigenvalue weighted by Crippen LogP contribution is -2.42. The van der Waals surface area contributed by atoms with Crippen molar-refractivity contribution in [3.8, 4) is 11.5 Å². The van der Waals surface area contributed by atoms with E-state index in [1.54, 1.807) is 0 Å². The molecule has 2 aromatic carbocycles. The van der Waals surface area contributed by atoms with E-state index in [0.717, 1.165) is 37.4 Å². The predicted molar refractivity (Wildman–Crippen MR) is 75.8 cm³/mol. The van der Waals surface area contributed by atoms with Crippen molar-refractivity contribution in [2.24, 2.45) is 0 Å². The molecule has 19 heavy (non-hydrogen) atoms. The lowest BCUT2D eigenvalue weighted by atomic mass is 9.67. The van der Waals surface area contributed by atoms with Crippen LogP contribution in [0.25, 0.3) is 0 Å². The summed E-state index contributed by atoms with van der Waals surface area (Å²) in [5.74, 6) is 2.06. The molecule has 2 aliphatic rings. The molecule has 1 N–H and O–H groups in total. The third kappa shape index (κ3) is 1.53. The molecule has 1 spiro atoms. The van der Waals surface area contributed by atoms with Crippen LogP contribution in [0.5, 0.6) is 11.5 Å². The Labute approximate surface area is 113 Å². The van der Waals surface area contributed by atoms with Gasteiger partial charge in [-0.05, 0) is 38.1 Å². The van der Waals surface area contributed by atoms with Gasteiger partial charge in [0.1, 0.15) is 11.5 Å². The van der Waals surface area contributed by atoms with Gasteiger partial charge in [0.2, 0.25) is 0 Å². The van der Waals surface area contributed by atoms with Gasteiger partial charge in [-0.1, -0.05) is 36.4 Å². The molecule has 0 amide bonds. The molecule has 0 bridgehead atoms. The van der Waals surface area contributed by atoms with Crippen LogP contribution in [0.2, 0.25) is 0 Å². The normalized spacial score (nSPS) is 19.4. The van der Waals surface area contributed by atoms with Crippen molar-refractivity contribution in [1.82, 2.24) is 5.32 Å². The van der Waals surface area contributed by atoms with E-state index in [1.165, 1.54) is 11.1 Å². The zero-order valence-corrected chi connectivity index (χ0v) is 10.9. The van der Waals surface area contributed by atoms with Gasteiger partial charge < -0.3 is 10.1 Å². The smallest absolute Gasteiger partial charge is 0.131 e. The summed E-state index contributed by atoms with van der Waals surface area (Å²) in [5, 5.41) is 3.48. The van der Waals surface area contributed by atoms with Gasteiger partial charge in [0.05, 0.1) is 0 Å². The van der Waals surface area contributed by atoms with Crippen LogP contribution < -0.4 is 10.1 Å². The molecule has 1 fully saturated rings. The molecule has 4 rings (SSSR count). The second kappa shape index (κ2) is 4.10. The van der Waals surface area contributed by atoms with Crippen molar-refractivity contribution in [3.05, 3.63) is 59.7 Å². The van der Waals surface area contributed by atoms with Gasteiger partial charge in [0.25, 0.3) is 0 Å². The fourth-order valence-corrected chi connectivity index (χ4v) is 3.56. The largest absolute Gasteiger partial charge is 0.457 e. The molecule has 96 valence electrons. The van der Waals surface area contributed by atoms with Crippen LogP contribution in [-0.2, 0) is 5.41 Å². The zero-order chi connectivity index (χ0) is 12.7. The van der Waals surface area contributed by atoms with Crippen LogP contribution in [0.1, 0.15) is 24.0 Å². The summed E-state index contributed by atoms with van der Waals surface area (Å²) in [4.78, 5) is 0. The topological polar surface area (TPSA) is 21.3 Å². The first-order valence-corrected chi connectivity index (χ1v) is 6.98. The third-order valence-corrected chi connectivity index (χ3v) is 4.48. The van der Waals surface area contributed by atoms with E-state index in [1.807, 2.05) is 0 Å². The van der Waals surface area contributed by atoms with Crippen LogP contribution in [0.15, 0.2) is 48.5 Å². The summed E-state index contributed by atoms with van der Waals surface area (Å²) < 4.78 is 6.08. The van der Waals surface area contributed by atoms with Gasteiger partial charge in [-0.3, -0.25) is 0 Å². The number of benzene rings is 2. The number of piperidine rings is 1. The lowest BCUT2D eigenvalue weighted by molar-refractivity contribution is 0.318. The van der Waals surface area contributed by atoms with Crippen molar-refractivity contribution >= 4 is 0 Å². The Balaban J connectivity index is 1.98. The number of fused-ring (bicyclic) bond motifs is 4. The van der Waals surface area contributed by atoms with Gasteiger partial charge in [0, 0.05) is 16.5 Å². The SMILES string of the molecule is c1ccc2c(c1)Oc1ccccc1C21CCNCC1. The molecule has 0 radical (unpaired) electrons. The van der Waals surface area contributed by atoms with Crippen molar-refractivity contribution < 1.29 is 4.74 Å². The van der Waals surface area contributed by atoms with Gasteiger partial charge in [-0.25, -0.2) is 0 Å². The molecule has 2 nitrogen and oxygen atoms in total. The van der Waals surface area contributed by atoms with E-state index in [4.69, 9.17) is 4.74 Å². The Bertz CT molecular complexity index is 567. The van der Waals surface area contributed by atoms with Crippen LogP contribution in [0.4, 0.5) is 0 Å². The summed E-state index contributed by atoms with van der Waals surface area (Å²) in [6, 6.07) is 17.0. The van der Waals surface area contributed by atoms with Crippen molar-refractivity contribution in [2.45, 2.75) is 18.3 Å². The Morgan fingerprint density at radius 2 is 1.32 bits per heavy atom. The Hall–Kier alpha value is -1.80. The van der Waals surface area contributed by atoms with Crippen molar-refractivity contribution in [1.29, 1.82) is 0 Å². The average molecular weight is 251 g/mol. The highest BCUT2D eigenvalue weighted by Crippen LogP contribution is 2.51. The Morgan fingerprint density at radius 3 is 1.89 bits per heavy atom. The Morgan fingerprint density at radius 1 is 0.789 bits per heavy atom. The number of rotatable bonds is 0. The maximum atomic E-state index is 6.08. The van der Waals surface area contributed by atoms with E-state index in [-0.39, 0.29) is 5.41 Å². The summed E-state index contributed by atoms with van der Waals surface area (Å²) in [6.45, 7) is 2.14. The molecule has 0 unspecified atom stereocenters. The number of ether oxygens (including phenoxy) is 1. The fourth-order valence-electron chi connectivity index (χ4n) is 3.56. The van der Waals surface area contributed by atoms with E-state index < -0.39 is 0 Å². The van der Waals surface area contributed by atoms with Crippen LogP contribution in [0.3, 0.4) is 0 Å². The first kappa shape index (κ1) is 11.1. The molecule has 2 aromatic rings. The van der Waals surface area contributed by atoms with E-state index in [0.29, 0.717) is 0 Å². The van der Waals surface area contributed by atoms with Crippen molar-refractivity contribution in [2.75, 3.05) is 13.1 Å². The second-order valence-electron chi connectivity index (χ2n) is 5.43. The second-order valence-corrected chi connectivity index (χ2v) is 5.43. The molecule has 0 aliphatic carbocycles. The first-order valence-electron chi connectivity index (χ1n) is 6.98. The highest BCUT2D eigenvalue weighted by atomic mass is 16.5. The van der Waals surface area contributed by atoms with Gasteiger partial charge >= 0.3 is 0 Å². The number of para-hydroxylation sites is 2. The minimum Gasteiger partial charge on any atom is -0.457 e. The average Bonchev–Trinajstić information content (AvgIpc) is 2.49. The van der Waals surface area contributed by atoms with Crippen LogP contribution in [0, 0.1) is 0 Å². The lowest BCUT2D eigenvalue weighted by Gasteiger charge is -2.43. The molecular weight excluding hydrogens is 234 g/mol. The zero-order valence-electron chi connectivity index (χ0n) is 10.9. The molecule has 0 atom stereocenters. The van der Waals surface area contributed by atoms with Gasteiger partial charge in [0.15, 0.2) is 0 Å². The molecule has 0 aromatic heterocycles. The summed E-state index contributed by atoms with van der Waals surface area (Å²) in [5.41, 5.74) is 2.85. The van der Waals surface area contributed by atoms with Crippen LogP contribution >= 0.6 is 0 Å². The fraction of sp³-hybridized carbons (Fsp3) is 0.294. The monoisotopic (exact) mass is 251 g/mol. The molecule has 2 heterocycles. The van der Waals surface area contributed by atoms with Gasteiger partial charge in [-0.2, -0.15) is 0 Å².